The van der Waals surface area contributed by atoms with Crippen molar-refractivity contribution in [3.8, 4) is 22.3 Å². The van der Waals surface area contributed by atoms with Crippen molar-refractivity contribution >= 4 is 0 Å². The minimum Gasteiger partial charge on any atom is -0.0628 e. The molecule has 0 aliphatic carbocycles. The van der Waals surface area contributed by atoms with Crippen LogP contribution in [0.25, 0.3) is 22.3 Å². The Hall–Kier alpha value is -2.34. The fraction of sp³-hybridized carbons (Fsp3) is 0.333. The summed E-state index contributed by atoms with van der Waals surface area (Å²) in [5.41, 5.74) is 6.88. The molecule has 27 heavy (non-hydrogen) atoms. The molecule has 0 spiro atoms. The second kappa shape index (κ2) is 8.13. The molecule has 0 saturated carbocycles. The van der Waals surface area contributed by atoms with Crippen LogP contribution in [0.5, 0.6) is 0 Å². The van der Waals surface area contributed by atoms with Gasteiger partial charge in [-0.1, -0.05) is 107 Å². The highest BCUT2D eigenvalue weighted by Crippen LogP contribution is 2.42. The lowest BCUT2D eigenvalue weighted by atomic mass is 9.71. The van der Waals surface area contributed by atoms with Crippen LogP contribution in [0.3, 0.4) is 0 Å². The summed E-state index contributed by atoms with van der Waals surface area (Å²) in [5.74, 6) is 1.21. The van der Waals surface area contributed by atoms with Crippen LogP contribution >= 0.6 is 0 Å². The molecule has 140 valence electrons. The minimum absolute atomic E-state index is 0.230. The van der Waals surface area contributed by atoms with Crippen molar-refractivity contribution in [3.05, 3.63) is 84.4 Å². The van der Waals surface area contributed by atoms with Gasteiger partial charge in [0.05, 0.1) is 0 Å². The zero-order valence-corrected chi connectivity index (χ0v) is 17.4. The van der Waals surface area contributed by atoms with Crippen LogP contribution < -0.4 is 0 Å². The van der Waals surface area contributed by atoms with E-state index in [1.54, 1.807) is 0 Å². The Kier molecular flexibility index (Phi) is 5.85. The topological polar surface area (TPSA) is 0 Å². The van der Waals surface area contributed by atoms with Gasteiger partial charge in [0, 0.05) is 0 Å². The van der Waals surface area contributed by atoms with Gasteiger partial charge >= 0.3 is 0 Å². The van der Waals surface area contributed by atoms with Gasteiger partial charge in [0.15, 0.2) is 0 Å². The minimum atomic E-state index is 0.230. The molecule has 0 heterocycles. The lowest BCUT2D eigenvalue weighted by molar-refractivity contribution is 0.280. The summed E-state index contributed by atoms with van der Waals surface area (Å²) < 4.78 is 0. The number of hydrogen-bond acceptors (Lipinski definition) is 0. The van der Waals surface area contributed by atoms with Crippen LogP contribution in [0.4, 0.5) is 0 Å². The van der Waals surface area contributed by atoms with Gasteiger partial charge in [0.2, 0.25) is 0 Å². The molecule has 0 N–H and O–H groups in total. The second-order valence-corrected chi connectivity index (χ2v) is 9.12. The van der Waals surface area contributed by atoms with Gasteiger partial charge in [0.25, 0.3) is 0 Å². The molecule has 1 unspecified atom stereocenters. The van der Waals surface area contributed by atoms with Gasteiger partial charge in [-0.15, -0.1) is 0 Å². The standard InChI is InChI=1S/C27H32/c1-20(2)16-26(27(3,4)5)25-18-23(21-12-8-6-9-13-21)17-24(19-25)22-14-10-7-11-15-22/h6-15,17-20,26H,16H2,1-5H3. The van der Waals surface area contributed by atoms with Gasteiger partial charge in [-0.25, -0.2) is 0 Å². The first-order valence-corrected chi connectivity index (χ1v) is 10.1. The molecule has 0 radical (unpaired) electrons. The summed E-state index contributed by atoms with van der Waals surface area (Å²) in [6.07, 6.45) is 1.20. The van der Waals surface area contributed by atoms with Crippen molar-refractivity contribution in [1.29, 1.82) is 0 Å². The fourth-order valence-corrected chi connectivity index (χ4v) is 3.91. The van der Waals surface area contributed by atoms with E-state index < -0.39 is 0 Å². The summed E-state index contributed by atoms with van der Waals surface area (Å²) >= 11 is 0. The van der Waals surface area contributed by atoms with Gasteiger partial charge in [-0.3, -0.25) is 0 Å². The van der Waals surface area contributed by atoms with E-state index in [0.29, 0.717) is 11.8 Å². The Balaban J connectivity index is 2.18. The number of hydrogen-bond donors (Lipinski definition) is 0. The molecule has 0 aromatic heterocycles. The Morgan fingerprint density at radius 1 is 0.630 bits per heavy atom. The largest absolute Gasteiger partial charge is 0.0628 e. The molecule has 3 rings (SSSR count). The summed E-state index contributed by atoms with van der Waals surface area (Å²) in [7, 11) is 0. The molecular formula is C27H32. The fourth-order valence-electron chi connectivity index (χ4n) is 3.91. The van der Waals surface area contributed by atoms with Crippen LogP contribution in [0.1, 0.15) is 52.5 Å². The summed E-state index contributed by atoms with van der Waals surface area (Å²) in [5, 5.41) is 0. The molecular weight excluding hydrogens is 324 g/mol. The lowest BCUT2D eigenvalue weighted by Gasteiger charge is -2.33. The normalized spacial score (nSPS) is 13.0. The third kappa shape index (κ3) is 4.89. The van der Waals surface area contributed by atoms with E-state index in [-0.39, 0.29) is 5.41 Å². The molecule has 0 bridgehead atoms. The molecule has 0 nitrogen and oxygen atoms in total. The third-order valence-electron chi connectivity index (χ3n) is 5.32. The van der Waals surface area contributed by atoms with Crippen molar-refractivity contribution < 1.29 is 0 Å². The van der Waals surface area contributed by atoms with E-state index in [4.69, 9.17) is 0 Å². The van der Waals surface area contributed by atoms with E-state index in [0.717, 1.165) is 0 Å². The maximum Gasteiger partial charge on any atom is -0.0110 e. The molecule has 0 fully saturated rings. The zero-order valence-electron chi connectivity index (χ0n) is 17.4. The lowest BCUT2D eigenvalue weighted by Crippen LogP contribution is -2.20. The Labute approximate surface area is 165 Å². The van der Waals surface area contributed by atoms with E-state index >= 15 is 0 Å². The predicted octanol–water partition coefficient (Wildman–Crippen LogP) is 8.20. The van der Waals surface area contributed by atoms with Crippen molar-refractivity contribution in [1.82, 2.24) is 0 Å². The monoisotopic (exact) mass is 356 g/mol. The Bertz CT molecular complexity index is 794. The van der Waals surface area contributed by atoms with E-state index in [1.807, 2.05) is 0 Å². The van der Waals surface area contributed by atoms with E-state index in [1.165, 1.54) is 34.2 Å². The van der Waals surface area contributed by atoms with Gasteiger partial charge in [0.1, 0.15) is 0 Å². The van der Waals surface area contributed by atoms with E-state index in [9.17, 15) is 0 Å². The molecule has 1 atom stereocenters. The first-order chi connectivity index (χ1) is 12.8. The first-order valence-electron chi connectivity index (χ1n) is 10.1. The maximum absolute atomic E-state index is 2.42. The summed E-state index contributed by atoms with van der Waals surface area (Å²) in [6, 6.07) is 28.7. The third-order valence-corrected chi connectivity index (χ3v) is 5.32. The van der Waals surface area contributed by atoms with Crippen molar-refractivity contribution in [2.45, 2.75) is 47.0 Å². The summed E-state index contributed by atoms with van der Waals surface area (Å²) in [6.45, 7) is 11.8. The second-order valence-electron chi connectivity index (χ2n) is 9.12. The van der Waals surface area contributed by atoms with Crippen LogP contribution in [-0.4, -0.2) is 0 Å². The van der Waals surface area contributed by atoms with Crippen LogP contribution in [0.15, 0.2) is 78.9 Å². The van der Waals surface area contributed by atoms with Gasteiger partial charge < -0.3 is 0 Å². The SMILES string of the molecule is CC(C)CC(c1cc(-c2ccccc2)cc(-c2ccccc2)c1)C(C)(C)C. The van der Waals surface area contributed by atoms with Gasteiger partial charge in [-0.05, 0) is 57.6 Å². The van der Waals surface area contributed by atoms with Crippen LogP contribution in [0, 0.1) is 11.3 Å². The smallest absolute Gasteiger partial charge is 0.0110 e. The molecule has 0 heteroatoms. The number of rotatable bonds is 5. The molecule has 0 amide bonds. The van der Waals surface area contributed by atoms with Crippen LogP contribution in [0.2, 0.25) is 0 Å². The molecule has 3 aromatic carbocycles. The molecule has 3 aromatic rings. The molecule has 0 saturated heterocycles. The molecule has 0 aliphatic heterocycles. The maximum atomic E-state index is 2.42. The predicted molar refractivity (Wildman–Crippen MR) is 119 cm³/mol. The highest BCUT2D eigenvalue weighted by Gasteiger charge is 2.27. The highest BCUT2D eigenvalue weighted by atomic mass is 14.3. The summed E-state index contributed by atoms with van der Waals surface area (Å²) in [4.78, 5) is 0. The average Bonchev–Trinajstić information content (AvgIpc) is 2.66. The first kappa shape index (κ1) is 19.4. The molecule has 0 aliphatic rings. The van der Waals surface area contributed by atoms with Crippen LogP contribution in [-0.2, 0) is 0 Å². The quantitative estimate of drug-likeness (QED) is 0.432. The highest BCUT2D eigenvalue weighted by molar-refractivity contribution is 5.74. The Morgan fingerprint density at radius 2 is 1.07 bits per heavy atom. The average molecular weight is 357 g/mol. The zero-order chi connectivity index (χ0) is 19.4. The number of benzene rings is 3. The van der Waals surface area contributed by atoms with Crippen molar-refractivity contribution in [3.63, 3.8) is 0 Å². The van der Waals surface area contributed by atoms with E-state index in [2.05, 4.69) is 113 Å². The van der Waals surface area contributed by atoms with Gasteiger partial charge in [-0.2, -0.15) is 0 Å². The van der Waals surface area contributed by atoms with Crippen molar-refractivity contribution in [2.24, 2.45) is 11.3 Å². The Morgan fingerprint density at radius 3 is 1.44 bits per heavy atom. The van der Waals surface area contributed by atoms with Crippen molar-refractivity contribution in [2.75, 3.05) is 0 Å².